The summed E-state index contributed by atoms with van der Waals surface area (Å²) >= 11 is 0. The number of aryl methyl sites for hydroxylation is 2. The van der Waals surface area contributed by atoms with Crippen molar-refractivity contribution in [2.45, 2.75) is 33.1 Å². The van der Waals surface area contributed by atoms with Crippen molar-refractivity contribution in [2.24, 2.45) is 0 Å². The van der Waals surface area contributed by atoms with Crippen LogP contribution < -0.4 is 5.32 Å². The fourth-order valence-corrected chi connectivity index (χ4v) is 3.02. The normalized spacial score (nSPS) is 14.1. The Balaban J connectivity index is 1.76. The Hall–Kier alpha value is -2.36. The lowest BCUT2D eigenvalue weighted by molar-refractivity contribution is 0.0787. The van der Waals surface area contributed by atoms with E-state index in [9.17, 15) is 4.79 Å². The molecule has 2 heterocycles. The molecule has 0 atom stereocenters. The average molecular weight is 309 g/mol. The Labute approximate surface area is 137 Å². The first kappa shape index (κ1) is 15.5. The fraction of sp³-hybridized carbons (Fsp3) is 0.368. The first-order valence-electron chi connectivity index (χ1n) is 8.30. The molecule has 1 N–H and O–H groups in total. The van der Waals surface area contributed by atoms with Crippen LogP contribution >= 0.6 is 0 Å². The van der Waals surface area contributed by atoms with Gasteiger partial charge in [0.15, 0.2) is 0 Å². The van der Waals surface area contributed by atoms with Gasteiger partial charge in [-0.1, -0.05) is 25.1 Å². The molecule has 1 aromatic heterocycles. The van der Waals surface area contributed by atoms with Crippen molar-refractivity contribution in [1.82, 2.24) is 9.88 Å². The maximum Gasteiger partial charge on any atom is 0.272 e. The van der Waals surface area contributed by atoms with Gasteiger partial charge in [-0.2, -0.15) is 0 Å². The molecule has 0 saturated carbocycles. The summed E-state index contributed by atoms with van der Waals surface area (Å²) in [5.41, 5.74) is 5.06. The summed E-state index contributed by atoms with van der Waals surface area (Å²) in [6.07, 6.45) is 4.91. The van der Waals surface area contributed by atoms with Gasteiger partial charge in [0.05, 0.1) is 11.9 Å². The molecule has 2 aromatic rings. The number of pyridine rings is 1. The molecule has 4 heteroatoms. The van der Waals surface area contributed by atoms with Gasteiger partial charge in [0.1, 0.15) is 5.69 Å². The standard InChI is InChI=1S/C19H23N3O/c1-3-15-8-6-7-14(2)18(15)21-16-9-10-17(20-13-16)19(23)22-11-4-5-12-22/h6-10,13,21H,3-5,11-12H2,1-2H3. The van der Waals surface area contributed by atoms with E-state index < -0.39 is 0 Å². The Morgan fingerprint density at radius 3 is 2.65 bits per heavy atom. The predicted molar refractivity (Wildman–Crippen MR) is 93.2 cm³/mol. The SMILES string of the molecule is CCc1cccc(C)c1Nc1ccc(C(=O)N2CCCC2)nc1. The lowest BCUT2D eigenvalue weighted by atomic mass is 10.1. The van der Waals surface area contributed by atoms with Crippen molar-refractivity contribution in [1.29, 1.82) is 0 Å². The number of carbonyl (C=O) groups excluding carboxylic acids is 1. The molecule has 0 spiro atoms. The van der Waals surface area contributed by atoms with E-state index in [1.807, 2.05) is 17.0 Å². The molecule has 1 aliphatic heterocycles. The largest absolute Gasteiger partial charge is 0.354 e. The summed E-state index contributed by atoms with van der Waals surface area (Å²) < 4.78 is 0. The van der Waals surface area contributed by atoms with E-state index in [2.05, 4.69) is 42.3 Å². The number of benzene rings is 1. The van der Waals surface area contributed by atoms with E-state index in [1.165, 1.54) is 11.1 Å². The molecular formula is C19H23N3O. The molecule has 1 amide bonds. The van der Waals surface area contributed by atoms with Crippen LogP contribution in [0, 0.1) is 6.92 Å². The summed E-state index contributed by atoms with van der Waals surface area (Å²) in [6.45, 7) is 5.95. The lowest BCUT2D eigenvalue weighted by Gasteiger charge is -2.16. The van der Waals surface area contributed by atoms with Gasteiger partial charge in [-0.3, -0.25) is 4.79 Å². The van der Waals surface area contributed by atoms with Gasteiger partial charge in [0, 0.05) is 18.8 Å². The van der Waals surface area contributed by atoms with E-state index in [0.29, 0.717) is 5.69 Å². The third kappa shape index (κ3) is 3.36. The van der Waals surface area contributed by atoms with Crippen LogP contribution in [0.4, 0.5) is 11.4 Å². The van der Waals surface area contributed by atoms with Gasteiger partial charge in [0.2, 0.25) is 0 Å². The zero-order valence-electron chi connectivity index (χ0n) is 13.8. The van der Waals surface area contributed by atoms with E-state index in [1.54, 1.807) is 6.20 Å². The highest BCUT2D eigenvalue weighted by Crippen LogP contribution is 2.25. The zero-order chi connectivity index (χ0) is 16.2. The molecule has 1 aromatic carbocycles. The van der Waals surface area contributed by atoms with Crippen molar-refractivity contribution in [2.75, 3.05) is 18.4 Å². The van der Waals surface area contributed by atoms with Crippen LogP contribution in [0.5, 0.6) is 0 Å². The minimum atomic E-state index is 0.0409. The van der Waals surface area contributed by atoms with Crippen molar-refractivity contribution in [3.05, 3.63) is 53.3 Å². The van der Waals surface area contributed by atoms with Crippen LogP contribution in [0.2, 0.25) is 0 Å². The molecule has 3 rings (SSSR count). The van der Waals surface area contributed by atoms with Crippen LogP contribution in [0.15, 0.2) is 36.5 Å². The molecule has 0 aliphatic carbocycles. The first-order valence-corrected chi connectivity index (χ1v) is 8.30. The average Bonchev–Trinajstić information content (AvgIpc) is 3.11. The number of para-hydroxylation sites is 1. The number of hydrogen-bond acceptors (Lipinski definition) is 3. The van der Waals surface area contributed by atoms with Crippen LogP contribution in [0.25, 0.3) is 0 Å². The minimum Gasteiger partial charge on any atom is -0.354 e. The molecule has 0 bridgehead atoms. The van der Waals surface area contributed by atoms with Gasteiger partial charge in [-0.25, -0.2) is 4.98 Å². The molecule has 1 saturated heterocycles. The highest BCUT2D eigenvalue weighted by molar-refractivity contribution is 5.92. The van der Waals surface area contributed by atoms with Crippen LogP contribution in [-0.4, -0.2) is 28.9 Å². The van der Waals surface area contributed by atoms with Crippen molar-refractivity contribution in [3.63, 3.8) is 0 Å². The second-order valence-electron chi connectivity index (χ2n) is 6.02. The quantitative estimate of drug-likeness (QED) is 0.930. The van der Waals surface area contributed by atoms with Gasteiger partial charge < -0.3 is 10.2 Å². The number of rotatable bonds is 4. The number of nitrogens with zero attached hydrogens (tertiary/aromatic N) is 2. The van der Waals surface area contributed by atoms with Crippen molar-refractivity contribution in [3.8, 4) is 0 Å². The van der Waals surface area contributed by atoms with E-state index in [4.69, 9.17) is 0 Å². The topological polar surface area (TPSA) is 45.2 Å². The second-order valence-corrected chi connectivity index (χ2v) is 6.02. The fourth-order valence-electron chi connectivity index (χ4n) is 3.02. The first-order chi connectivity index (χ1) is 11.2. The summed E-state index contributed by atoms with van der Waals surface area (Å²) in [5, 5.41) is 3.44. The maximum absolute atomic E-state index is 12.3. The molecular weight excluding hydrogens is 286 g/mol. The predicted octanol–water partition coefficient (Wildman–Crippen LogP) is 3.93. The summed E-state index contributed by atoms with van der Waals surface area (Å²) in [4.78, 5) is 18.5. The molecule has 4 nitrogen and oxygen atoms in total. The molecule has 120 valence electrons. The monoisotopic (exact) mass is 309 g/mol. The molecule has 0 unspecified atom stereocenters. The van der Waals surface area contributed by atoms with Crippen molar-refractivity contribution >= 4 is 17.3 Å². The number of hydrogen-bond donors (Lipinski definition) is 1. The Kier molecular flexibility index (Phi) is 4.60. The second kappa shape index (κ2) is 6.82. The smallest absolute Gasteiger partial charge is 0.272 e. The number of carbonyl (C=O) groups is 1. The zero-order valence-corrected chi connectivity index (χ0v) is 13.8. The molecule has 1 fully saturated rings. The highest BCUT2D eigenvalue weighted by Gasteiger charge is 2.20. The Morgan fingerprint density at radius 1 is 1.22 bits per heavy atom. The van der Waals surface area contributed by atoms with Crippen molar-refractivity contribution < 1.29 is 4.79 Å². The number of anilines is 2. The summed E-state index contributed by atoms with van der Waals surface area (Å²) in [5.74, 6) is 0.0409. The van der Waals surface area contributed by atoms with Gasteiger partial charge in [-0.05, 0) is 49.4 Å². The number of amides is 1. The van der Waals surface area contributed by atoms with Crippen LogP contribution in [0.1, 0.15) is 41.4 Å². The third-order valence-electron chi connectivity index (χ3n) is 4.39. The van der Waals surface area contributed by atoms with E-state index in [-0.39, 0.29) is 5.91 Å². The molecule has 0 radical (unpaired) electrons. The van der Waals surface area contributed by atoms with Gasteiger partial charge >= 0.3 is 0 Å². The van der Waals surface area contributed by atoms with E-state index >= 15 is 0 Å². The number of nitrogens with one attached hydrogen (secondary N) is 1. The summed E-state index contributed by atoms with van der Waals surface area (Å²) in [6, 6.07) is 10.1. The number of aromatic nitrogens is 1. The molecule has 1 aliphatic rings. The Morgan fingerprint density at radius 2 is 2.00 bits per heavy atom. The Bertz CT molecular complexity index is 688. The van der Waals surface area contributed by atoms with Gasteiger partial charge in [0.25, 0.3) is 5.91 Å². The third-order valence-corrected chi connectivity index (χ3v) is 4.39. The minimum absolute atomic E-state index is 0.0409. The summed E-state index contributed by atoms with van der Waals surface area (Å²) in [7, 11) is 0. The van der Waals surface area contributed by atoms with Crippen LogP contribution in [0.3, 0.4) is 0 Å². The van der Waals surface area contributed by atoms with Crippen LogP contribution in [-0.2, 0) is 6.42 Å². The van der Waals surface area contributed by atoms with E-state index in [0.717, 1.165) is 43.7 Å². The van der Waals surface area contributed by atoms with Gasteiger partial charge in [-0.15, -0.1) is 0 Å². The lowest BCUT2D eigenvalue weighted by Crippen LogP contribution is -2.28. The molecule has 23 heavy (non-hydrogen) atoms. The highest BCUT2D eigenvalue weighted by atomic mass is 16.2. The number of likely N-dealkylation sites (tertiary alicyclic amines) is 1. The maximum atomic E-state index is 12.3.